The highest BCUT2D eigenvalue weighted by atomic mass is 16.2. The van der Waals surface area contributed by atoms with E-state index in [1.54, 1.807) is 17.7 Å². The van der Waals surface area contributed by atoms with Crippen LogP contribution in [-0.2, 0) is 14.1 Å². The normalized spacial score (nSPS) is 20.4. The van der Waals surface area contributed by atoms with Gasteiger partial charge in [0.15, 0.2) is 0 Å². The van der Waals surface area contributed by atoms with Crippen LogP contribution >= 0.6 is 0 Å². The average molecular weight is 291 g/mol. The molecule has 0 bridgehead atoms. The zero-order valence-corrected chi connectivity index (χ0v) is 12.2. The van der Waals surface area contributed by atoms with Crippen LogP contribution in [0.2, 0.25) is 0 Å². The molecule has 1 aromatic carbocycles. The van der Waals surface area contributed by atoms with E-state index >= 15 is 0 Å². The number of fused-ring (bicyclic) bond motifs is 6. The molecule has 2 atom stereocenters. The zero-order chi connectivity index (χ0) is 15.6. The molecule has 0 spiro atoms. The SMILES string of the molecule is Cn1c2c(c(=O)n(C)c1=O)C1c3cc(C#N)ccc3C=CC21. The second-order valence-electron chi connectivity index (χ2n) is 5.82. The first-order chi connectivity index (χ1) is 10.5. The molecule has 0 aliphatic heterocycles. The molecule has 22 heavy (non-hydrogen) atoms. The molecule has 0 radical (unpaired) electrons. The Morgan fingerprint density at radius 1 is 1.18 bits per heavy atom. The second-order valence-corrected chi connectivity index (χ2v) is 5.82. The molecule has 0 amide bonds. The molecule has 108 valence electrons. The number of rotatable bonds is 0. The van der Waals surface area contributed by atoms with E-state index in [1.165, 1.54) is 7.05 Å². The van der Waals surface area contributed by atoms with Crippen molar-refractivity contribution in [2.24, 2.45) is 14.1 Å². The number of aromatic nitrogens is 2. The van der Waals surface area contributed by atoms with E-state index in [0.717, 1.165) is 21.4 Å². The Bertz CT molecular complexity index is 1020. The summed E-state index contributed by atoms with van der Waals surface area (Å²) in [6.45, 7) is 0. The summed E-state index contributed by atoms with van der Waals surface area (Å²) >= 11 is 0. The van der Waals surface area contributed by atoms with Crippen LogP contribution in [0.25, 0.3) is 6.08 Å². The maximum atomic E-state index is 12.5. The summed E-state index contributed by atoms with van der Waals surface area (Å²) in [6.07, 6.45) is 4.04. The molecule has 5 nitrogen and oxygen atoms in total. The first-order valence-electron chi connectivity index (χ1n) is 7.06. The standard InChI is InChI=1S/C17H13N3O2/c1-19-15-11-6-5-10-4-3-9(8-18)7-12(10)13(11)14(15)16(21)20(2)17(19)22/h3-7,11,13H,1-2H3. The Morgan fingerprint density at radius 3 is 2.68 bits per heavy atom. The molecule has 2 aromatic rings. The Balaban J connectivity index is 2.04. The lowest BCUT2D eigenvalue weighted by Gasteiger charge is -2.41. The van der Waals surface area contributed by atoms with Gasteiger partial charge in [0.1, 0.15) is 0 Å². The first kappa shape index (κ1) is 12.8. The van der Waals surface area contributed by atoms with Crippen LogP contribution in [0.15, 0.2) is 33.9 Å². The van der Waals surface area contributed by atoms with Gasteiger partial charge in [-0.25, -0.2) is 4.79 Å². The van der Waals surface area contributed by atoms with E-state index in [9.17, 15) is 9.59 Å². The van der Waals surface area contributed by atoms with Crippen LogP contribution in [0.3, 0.4) is 0 Å². The summed E-state index contributed by atoms with van der Waals surface area (Å²) in [5.74, 6) is -0.0307. The number of hydrogen-bond donors (Lipinski definition) is 0. The van der Waals surface area contributed by atoms with Crippen molar-refractivity contribution >= 4 is 6.08 Å². The Hall–Kier alpha value is -2.87. The van der Waals surface area contributed by atoms with Crippen molar-refractivity contribution in [1.29, 1.82) is 5.26 Å². The summed E-state index contributed by atoms with van der Waals surface area (Å²) in [6, 6.07) is 7.68. The fourth-order valence-corrected chi connectivity index (χ4v) is 3.65. The third-order valence-corrected chi connectivity index (χ3v) is 4.77. The number of nitrogens with zero attached hydrogens (tertiary/aromatic N) is 3. The predicted octanol–water partition coefficient (Wildman–Crippen LogP) is 1.21. The zero-order valence-electron chi connectivity index (χ0n) is 12.2. The molecular formula is C17H13N3O2. The van der Waals surface area contributed by atoms with Crippen LogP contribution < -0.4 is 11.2 Å². The first-order valence-corrected chi connectivity index (χ1v) is 7.06. The van der Waals surface area contributed by atoms with Gasteiger partial charge in [0.2, 0.25) is 0 Å². The number of benzene rings is 1. The van der Waals surface area contributed by atoms with E-state index in [0.29, 0.717) is 11.1 Å². The minimum Gasteiger partial charge on any atom is -0.300 e. The van der Waals surface area contributed by atoms with Crippen molar-refractivity contribution in [2.75, 3.05) is 0 Å². The molecule has 5 heteroatoms. The van der Waals surface area contributed by atoms with Gasteiger partial charge in [-0.05, 0) is 23.3 Å². The summed E-state index contributed by atoms with van der Waals surface area (Å²) in [7, 11) is 3.20. The van der Waals surface area contributed by atoms with Crippen molar-refractivity contribution in [3.05, 3.63) is 73.1 Å². The number of hydrogen-bond acceptors (Lipinski definition) is 3. The molecule has 2 unspecified atom stereocenters. The summed E-state index contributed by atoms with van der Waals surface area (Å²) < 4.78 is 2.71. The van der Waals surface area contributed by atoms with Crippen molar-refractivity contribution in [2.45, 2.75) is 11.8 Å². The molecule has 1 heterocycles. The topological polar surface area (TPSA) is 67.8 Å². The van der Waals surface area contributed by atoms with Gasteiger partial charge in [0, 0.05) is 37.2 Å². The van der Waals surface area contributed by atoms with Crippen LogP contribution in [0, 0.1) is 11.3 Å². The third kappa shape index (κ3) is 1.37. The molecule has 0 saturated carbocycles. The summed E-state index contributed by atoms with van der Waals surface area (Å²) in [4.78, 5) is 24.6. The summed E-state index contributed by atoms with van der Waals surface area (Å²) in [5.41, 5.74) is 3.55. The quantitative estimate of drug-likeness (QED) is 0.732. The fourth-order valence-electron chi connectivity index (χ4n) is 3.65. The van der Waals surface area contributed by atoms with E-state index in [4.69, 9.17) is 5.26 Å². The molecule has 4 rings (SSSR count). The molecule has 0 N–H and O–H groups in total. The lowest BCUT2D eigenvalue weighted by Crippen LogP contribution is -2.48. The van der Waals surface area contributed by atoms with Gasteiger partial charge < -0.3 is 0 Å². The highest BCUT2D eigenvalue weighted by Crippen LogP contribution is 2.52. The van der Waals surface area contributed by atoms with Crippen LogP contribution in [-0.4, -0.2) is 9.13 Å². The molecule has 0 fully saturated rings. The Labute approximate surface area is 126 Å². The molecule has 0 saturated heterocycles. The summed E-state index contributed by atoms with van der Waals surface area (Å²) in [5, 5.41) is 9.10. The van der Waals surface area contributed by atoms with E-state index in [-0.39, 0.29) is 23.1 Å². The highest BCUT2D eigenvalue weighted by molar-refractivity contribution is 5.68. The fraction of sp³-hybridized carbons (Fsp3) is 0.235. The van der Waals surface area contributed by atoms with Crippen molar-refractivity contribution < 1.29 is 0 Å². The van der Waals surface area contributed by atoms with Gasteiger partial charge in [-0.3, -0.25) is 13.9 Å². The van der Waals surface area contributed by atoms with Crippen LogP contribution in [0.5, 0.6) is 0 Å². The van der Waals surface area contributed by atoms with Gasteiger partial charge in [-0.1, -0.05) is 18.2 Å². The number of allylic oxidation sites excluding steroid dienone is 1. The predicted molar refractivity (Wildman–Crippen MR) is 81.7 cm³/mol. The minimum absolute atomic E-state index is 0.0306. The smallest absolute Gasteiger partial charge is 0.300 e. The van der Waals surface area contributed by atoms with Crippen LogP contribution in [0.4, 0.5) is 0 Å². The second kappa shape index (κ2) is 4.08. The molecular weight excluding hydrogens is 278 g/mol. The lowest BCUT2D eigenvalue weighted by molar-refractivity contribution is 0.501. The van der Waals surface area contributed by atoms with Gasteiger partial charge in [-0.15, -0.1) is 0 Å². The van der Waals surface area contributed by atoms with Gasteiger partial charge in [0.05, 0.1) is 11.6 Å². The van der Waals surface area contributed by atoms with Crippen molar-refractivity contribution in [3.8, 4) is 6.07 Å². The van der Waals surface area contributed by atoms with Gasteiger partial charge >= 0.3 is 5.69 Å². The average Bonchev–Trinajstić information content (AvgIpc) is 2.51. The lowest BCUT2D eigenvalue weighted by atomic mass is 9.64. The number of nitriles is 1. The third-order valence-electron chi connectivity index (χ3n) is 4.77. The van der Waals surface area contributed by atoms with Gasteiger partial charge in [-0.2, -0.15) is 5.26 Å². The van der Waals surface area contributed by atoms with E-state index < -0.39 is 0 Å². The minimum atomic E-state index is -0.299. The maximum Gasteiger partial charge on any atom is 0.330 e. The monoisotopic (exact) mass is 291 g/mol. The van der Waals surface area contributed by atoms with E-state index in [2.05, 4.69) is 6.07 Å². The van der Waals surface area contributed by atoms with Crippen LogP contribution in [0.1, 0.15) is 39.8 Å². The van der Waals surface area contributed by atoms with Crippen molar-refractivity contribution in [1.82, 2.24) is 9.13 Å². The largest absolute Gasteiger partial charge is 0.330 e. The molecule has 2 aliphatic rings. The van der Waals surface area contributed by atoms with Crippen molar-refractivity contribution in [3.63, 3.8) is 0 Å². The molecule has 2 aliphatic carbocycles. The Morgan fingerprint density at radius 2 is 1.95 bits per heavy atom. The van der Waals surface area contributed by atoms with E-state index in [1.807, 2.05) is 24.3 Å². The maximum absolute atomic E-state index is 12.5. The van der Waals surface area contributed by atoms with Gasteiger partial charge in [0.25, 0.3) is 5.56 Å². The molecule has 1 aromatic heterocycles. The Kier molecular flexibility index (Phi) is 2.38. The highest BCUT2D eigenvalue weighted by Gasteiger charge is 2.44.